The van der Waals surface area contributed by atoms with Crippen LogP contribution in [0.1, 0.15) is 32.9 Å². The monoisotopic (exact) mass is 569 g/mol. The Balaban J connectivity index is 1.72. The third kappa shape index (κ3) is 4.87. The van der Waals surface area contributed by atoms with E-state index in [4.69, 9.17) is 16.7 Å². The number of rotatable bonds is 4. The predicted molar refractivity (Wildman–Crippen MR) is 154 cm³/mol. The van der Waals surface area contributed by atoms with Gasteiger partial charge in [0.15, 0.2) is 6.23 Å². The molecule has 5 rings (SSSR count). The van der Waals surface area contributed by atoms with Gasteiger partial charge in [-0.15, -0.1) is 0 Å². The van der Waals surface area contributed by atoms with Gasteiger partial charge in [-0.1, -0.05) is 17.7 Å². The smallest absolute Gasteiger partial charge is 0.256 e. The summed E-state index contributed by atoms with van der Waals surface area (Å²) in [5, 5.41) is 17.2. The molecule has 2 aliphatic heterocycles. The minimum atomic E-state index is -3.95. The number of aliphatic hydroxyl groups is 1. The summed E-state index contributed by atoms with van der Waals surface area (Å²) in [4.78, 5) is 19.5. The topological polar surface area (TPSA) is 112 Å². The number of sulfonamides is 1. The summed E-state index contributed by atoms with van der Waals surface area (Å²) in [7, 11) is -0.174. The van der Waals surface area contributed by atoms with Gasteiger partial charge >= 0.3 is 0 Å². The first-order valence-electron chi connectivity index (χ1n) is 12.6. The van der Waals surface area contributed by atoms with Crippen LogP contribution in [0.25, 0.3) is 17.3 Å². The number of primary sulfonamides is 1. The first-order chi connectivity index (χ1) is 18.4. The Morgan fingerprint density at radius 1 is 1.08 bits per heavy atom. The number of carbonyl (C=O) groups excluding carboxylic acids is 1. The van der Waals surface area contributed by atoms with Gasteiger partial charge in [0, 0.05) is 66.5 Å². The van der Waals surface area contributed by atoms with Crippen molar-refractivity contribution in [3.8, 4) is 5.69 Å². The number of carbonyl (C=O) groups is 1. The SMILES string of the molecule is Cc1c(C(=O)N2CCN(C)CC2)c(C)n(-c2cccc(Cl)c2)c1/C=C1/c2cc(S(N)(=O)=O)ccc2N(C)C1O. The first kappa shape index (κ1) is 27.4. The Hall–Kier alpha value is -3.15. The maximum atomic E-state index is 13.8. The fourth-order valence-corrected chi connectivity index (χ4v) is 6.20. The van der Waals surface area contributed by atoms with Crippen molar-refractivity contribution in [3.05, 3.63) is 75.6 Å². The molecule has 0 aliphatic carbocycles. The number of aromatic nitrogens is 1. The van der Waals surface area contributed by atoms with Gasteiger partial charge < -0.3 is 24.4 Å². The number of likely N-dealkylation sites (N-methyl/N-ethyl adjacent to an activating group) is 2. The maximum Gasteiger partial charge on any atom is 0.256 e. The van der Waals surface area contributed by atoms with E-state index in [1.165, 1.54) is 12.1 Å². The summed E-state index contributed by atoms with van der Waals surface area (Å²) in [6.45, 7) is 6.69. The Morgan fingerprint density at radius 3 is 2.41 bits per heavy atom. The van der Waals surface area contributed by atoms with E-state index in [-0.39, 0.29) is 10.8 Å². The van der Waals surface area contributed by atoms with Crippen LogP contribution in [0.5, 0.6) is 0 Å². The van der Waals surface area contributed by atoms with E-state index in [9.17, 15) is 18.3 Å². The fourth-order valence-electron chi connectivity index (χ4n) is 5.47. The number of benzene rings is 2. The van der Waals surface area contributed by atoms with Crippen molar-refractivity contribution in [2.45, 2.75) is 25.0 Å². The van der Waals surface area contributed by atoms with Gasteiger partial charge in [-0.25, -0.2) is 13.6 Å². The largest absolute Gasteiger partial charge is 0.369 e. The summed E-state index contributed by atoms with van der Waals surface area (Å²) >= 11 is 6.36. The molecule has 0 spiro atoms. The number of nitrogens with zero attached hydrogens (tertiary/aromatic N) is 4. The molecule has 1 atom stereocenters. The molecular formula is C28H32ClN5O4S. The van der Waals surface area contributed by atoms with E-state index < -0.39 is 16.3 Å². The minimum Gasteiger partial charge on any atom is -0.369 e. The second-order valence-electron chi connectivity index (χ2n) is 10.2. The third-order valence-corrected chi connectivity index (χ3v) is 8.84. The van der Waals surface area contributed by atoms with Crippen LogP contribution in [0.3, 0.4) is 0 Å². The summed E-state index contributed by atoms with van der Waals surface area (Å²) < 4.78 is 26.2. The van der Waals surface area contributed by atoms with Crippen molar-refractivity contribution < 1.29 is 18.3 Å². The molecule has 1 aromatic heterocycles. The van der Waals surface area contributed by atoms with Gasteiger partial charge in [0.2, 0.25) is 10.0 Å². The lowest BCUT2D eigenvalue weighted by Crippen LogP contribution is -2.47. The summed E-state index contributed by atoms with van der Waals surface area (Å²) in [5.41, 5.74) is 5.31. The average Bonchev–Trinajstić information content (AvgIpc) is 3.27. The van der Waals surface area contributed by atoms with E-state index in [2.05, 4.69) is 4.90 Å². The van der Waals surface area contributed by atoms with Crippen LogP contribution in [0, 0.1) is 13.8 Å². The van der Waals surface area contributed by atoms with Crippen molar-refractivity contribution in [2.24, 2.45) is 5.14 Å². The predicted octanol–water partition coefficient (Wildman–Crippen LogP) is 3.09. The van der Waals surface area contributed by atoms with Gasteiger partial charge in [0.1, 0.15) is 0 Å². The van der Waals surface area contributed by atoms with Crippen LogP contribution in [-0.4, -0.2) is 80.3 Å². The van der Waals surface area contributed by atoms with Crippen molar-refractivity contribution in [3.63, 3.8) is 0 Å². The lowest BCUT2D eigenvalue weighted by Gasteiger charge is -2.32. The quantitative estimate of drug-likeness (QED) is 0.499. The highest BCUT2D eigenvalue weighted by Crippen LogP contribution is 2.42. The second-order valence-corrected chi connectivity index (χ2v) is 12.2. The first-order valence-corrected chi connectivity index (χ1v) is 14.6. The van der Waals surface area contributed by atoms with Crippen LogP contribution in [0.2, 0.25) is 5.02 Å². The van der Waals surface area contributed by atoms with E-state index in [1.807, 2.05) is 54.6 Å². The zero-order valence-electron chi connectivity index (χ0n) is 22.3. The van der Waals surface area contributed by atoms with E-state index >= 15 is 0 Å². The number of halogens is 1. The van der Waals surface area contributed by atoms with Gasteiger partial charge in [0.25, 0.3) is 5.91 Å². The number of nitrogens with two attached hydrogens (primary N) is 1. The molecule has 39 heavy (non-hydrogen) atoms. The number of hydrogen-bond donors (Lipinski definition) is 2. The zero-order chi connectivity index (χ0) is 28.2. The standard InChI is InChI=1S/C28H32ClN5O4S/c1-17-25(16-23-22-15-21(39(30,37)38)8-9-24(22)32(4)27(23)35)34(20-7-5-6-19(29)14-20)18(2)26(17)28(36)33-12-10-31(3)11-13-33/h5-9,14-16,27,35H,10-13H2,1-4H3,(H2,30,37,38)/b23-16-. The average molecular weight is 570 g/mol. The Labute approximate surface area is 233 Å². The van der Waals surface area contributed by atoms with Gasteiger partial charge in [0.05, 0.1) is 16.2 Å². The highest BCUT2D eigenvalue weighted by atomic mass is 35.5. The van der Waals surface area contributed by atoms with Gasteiger partial charge in [-0.05, 0) is 68.9 Å². The van der Waals surface area contributed by atoms with Crippen molar-refractivity contribution in [1.82, 2.24) is 14.4 Å². The molecule has 1 amide bonds. The molecule has 2 aromatic carbocycles. The van der Waals surface area contributed by atoms with E-state index in [0.29, 0.717) is 46.2 Å². The molecule has 1 saturated heterocycles. The number of fused-ring (bicyclic) bond motifs is 1. The highest BCUT2D eigenvalue weighted by Gasteiger charge is 2.33. The molecule has 1 fully saturated rings. The minimum absolute atomic E-state index is 0.0421. The molecule has 3 N–H and O–H groups in total. The van der Waals surface area contributed by atoms with Gasteiger partial charge in [-0.2, -0.15) is 0 Å². The summed E-state index contributed by atoms with van der Waals surface area (Å²) in [6.07, 6.45) is 0.791. The molecule has 9 nitrogen and oxygen atoms in total. The fraction of sp³-hybridized carbons (Fsp3) is 0.321. The molecule has 0 bridgehead atoms. The van der Waals surface area contributed by atoms with Crippen LogP contribution >= 0.6 is 11.6 Å². The molecule has 3 aromatic rings. The number of hydrogen-bond acceptors (Lipinski definition) is 6. The molecular weight excluding hydrogens is 538 g/mol. The summed E-state index contributed by atoms with van der Waals surface area (Å²) in [6, 6.07) is 11.9. The van der Waals surface area contributed by atoms with Crippen molar-refractivity contribution >= 4 is 44.9 Å². The number of piperazine rings is 1. The molecule has 3 heterocycles. The van der Waals surface area contributed by atoms with Crippen LogP contribution in [0.15, 0.2) is 47.4 Å². The lowest BCUT2D eigenvalue weighted by molar-refractivity contribution is 0.0662. The van der Waals surface area contributed by atoms with Crippen LogP contribution in [-0.2, 0) is 10.0 Å². The van der Waals surface area contributed by atoms with Crippen LogP contribution in [0.4, 0.5) is 5.69 Å². The molecule has 11 heteroatoms. The molecule has 1 unspecified atom stereocenters. The zero-order valence-corrected chi connectivity index (χ0v) is 23.9. The Bertz CT molecular complexity index is 1610. The molecule has 0 radical (unpaired) electrons. The third-order valence-electron chi connectivity index (χ3n) is 7.69. The number of amides is 1. The molecule has 2 aliphatic rings. The maximum absolute atomic E-state index is 13.8. The van der Waals surface area contributed by atoms with Crippen LogP contribution < -0.4 is 10.0 Å². The van der Waals surface area contributed by atoms with Crippen molar-refractivity contribution in [1.29, 1.82) is 0 Å². The lowest BCUT2D eigenvalue weighted by atomic mass is 10.0. The summed E-state index contributed by atoms with van der Waals surface area (Å²) in [5.74, 6) is -0.0421. The van der Waals surface area contributed by atoms with E-state index in [1.54, 1.807) is 24.1 Å². The van der Waals surface area contributed by atoms with Crippen molar-refractivity contribution in [2.75, 3.05) is 45.2 Å². The molecule has 0 saturated carbocycles. The second kappa shape index (κ2) is 10.1. The normalized spacial score (nSPS) is 19.2. The molecule has 206 valence electrons. The van der Waals surface area contributed by atoms with E-state index in [0.717, 1.165) is 30.0 Å². The Kier molecular flexibility index (Phi) is 7.11. The highest BCUT2D eigenvalue weighted by molar-refractivity contribution is 7.89. The Morgan fingerprint density at radius 2 is 1.77 bits per heavy atom. The number of aliphatic hydroxyl groups excluding tert-OH is 1. The number of anilines is 1. The van der Waals surface area contributed by atoms with Gasteiger partial charge in [-0.3, -0.25) is 4.79 Å².